The van der Waals surface area contributed by atoms with Gasteiger partial charge in [-0.15, -0.1) is 0 Å². The molecule has 1 aromatic heterocycles. The minimum Gasteiger partial charge on any atom is -0.475 e. The van der Waals surface area contributed by atoms with E-state index in [2.05, 4.69) is 9.97 Å². The lowest BCUT2D eigenvalue weighted by Gasteiger charge is -2.03. The molecule has 1 aliphatic rings. The van der Waals surface area contributed by atoms with Gasteiger partial charge in [0.05, 0.1) is 12.7 Å². The standard InChI is InChI=1S/C9H12N2O3/c12-3-4-14-8-5-7(13)10-9(11-8)6-1-2-6/h5-6,12H,1-4H2,(H,10,11,13). The SMILES string of the molecule is O=c1cc(OCCO)nc(C2CC2)[nH]1. The first kappa shape index (κ1) is 9.21. The maximum Gasteiger partial charge on any atom is 0.254 e. The molecule has 1 saturated carbocycles. The van der Waals surface area contributed by atoms with Crippen molar-refractivity contribution >= 4 is 0 Å². The number of aliphatic hydroxyl groups excluding tert-OH is 1. The molecule has 2 N–H and O–H groups in total. The maximum absolute atomic E-state index is 11.2. The van der Waals surface area contributed by atoms with Gasteiger partial charge in [-0.3, -0.25) is 4.79 Å². The highest BCUT2D eigenvalue weighted by atomic mass is 16.5. The van der Waals surface area contributed by atoms with Gasteiger partial charge in [-0.2, -0.15) is 4.98 Å². The summed E-state index contributed by atoms with van der Waals surface area (Å²) in [5.74, 6) is 1.38. The number of ether oxygens (including phenoxy) is 1. The highest BCUT2D eigenvalue weighted by Crippen LogP contribution is 2.37. The summed E-state index contributed by atoms with van der Waals surface area (Å²) >= 11 is 0. The average molecular weight is 196 g/mol. The van der Waals surface area contributed by atoms with Crippen LogP contribution in [-0.2, 0) is 0 Å². The fourth-order valence-electron chi connectivity index (χ4n) is 1.23. The number of nitrogens with one attached hydrogen (secondary N) is 1. The van der Waals surface area contributed by atoms with Crippen molar-refractivity contribution in [2.45, 2.75) is 18.8 Å². The molecule has 5 heteroatoms. The first-order chi connectivity index (χ1) is 6.79. The van der Waals surface area contributed by atoms with Crippen LogP contribution in [0.15, 0.2) is 10.9 Å². The van der Waals surface area contributed by atoms with E-state index in [0.29, 0.717) is 17.6 Å². The van der Waals surface area contributed by atoms with Gasteiger partial charge in [0.25, 0.3) is 5.56 Å². The van der Waals surface area contributed by atoms with E-state index in [-0.39, 0.29) is 18.8 Å². The van der Waals surface area contributed by atoms with Crippen molar-refractivity contribution in [3.8, 4) is 5.88 Å². The van der Waals surface area contributed by atoms with E-state index >= 15 is 0 Å². The van der Waals surface area contributed by atoms with Crippen LogP contribution in [0.2, 0.25) is 0 Å². The lowest BCUT2D eigenvalue weighted by atomic mass is 10.4. The van der Waals surface area contributed by atoms with Crippen molar-refractivity contribution in [2.75, 3.05) is 13.2 Å². The number of hydrogen-bond acceptors (Lipinski definition) is 4. The summed E-state index contributed by atoms with van der Waals surface area (Å²) in [7, 11) is 0. The molecule has 1 fully saturated rings. The van der Waals surface area contributed by atoms with Crippen LogP contribution in [0.25, 0.3) is 0 Å². The molecule has 14 heavy (non-hydrogen) atoms. The molecule has 0 saturated heterocycles. The molecule has 76 valence electrons. The first-order valence-corrected chi connectivity index (χ1v) is 4.64. The second-order valence-corrected chi connectivity index (χ2v) is 3.32. The third-order valence-corrected chi connectivity index (χ3v) is 2.04. The molecule has 0 atom stereocenters. The Hall–Kier alpha value is -1.36. The van der Waals surface area contributed by atoms with Gasteiger partial charge < -0.3 is 14.8 Å². The minimum absolute atomic E-state index is 0.0761. The molecule has 0 unspecified atom stereocenters. The second-order valence-electron chi connectivity index (χ2n) is 3.32. The summed E-state index contributed by atoms with van der Waals surface area (Å²) in [6.07, 6.45) is 2.15. The average Bonchev–Trinajstić information content (AvgIpc) is 2.97. The van der Waals surface area contributed by atoms with Crippen LogP contribution in [0.4, 0.5) is 0 Å². The van der Waals surface area contributed by atoms with Gasteiger partial charge in [0, 0.05) is 5.92 Å². The Labute approximate surface area is 80.8 Å². The Kier molecular flexibility index (Phi) is 2.49. The van der Waals surface area contributed by atoms with Crippen LogP contribution in [0.5, 0.6) is 5.88 Å². The van der Waals surface area contributed by atoms with Crippen molar-refractivity contribution < 1.29 is 9.84 Å². The second kappa shape index (κ2) is 3.79. The van der Waals surface area contributed by atoms with E-state index in [1.54, 1.807) is 0 Å². The van der Waals surface area contributed by atoms with E-state index in [1.807, 2.05) is 0 Å². The minimum atomic E-state index is -0.199. The predicted octanol–water partition coefficient (Wildman–Crippen LogP) is 0.0184. The fourth-order valence-corrected chi connectivity index (χ4v) is 1.23. The van der Waals surface area contributed by atoms with Gasteiger partial charge in [-0.1, -0.05) is 0 Å². The smallest absolute Gasteiger partial charge is 0.254 e. The van der Waals surface area contributed by atoms with E-state index in [9.17, 15) is 4.79 Å². The largest absolute Gasteiger partial charge is 0.475 e. The summed E-state index contributed by atoms with van der Waals surface area (Å²) in [5.41, 5.74) is -0.199. The van der Waals surface area contributed by atoms with Crippen LogP contribution >= 0.6 is 0 Å². The number of aliphatic hydroxyl groups is 1. The van der Waals surface area contributed by atoms with Gasteiger partial charge >= 0.3 is 0 Å². The molecule has 0 spiro atoms. The number of hydrogen-bond donors (Lipinski definition) is 2. The molecular weight excluding hydrogens is 184 g/mol. The van der Waals surface area contributed by atoms with Gasteiger partial charge in [-0.05, 0) is 12.8 Å². The summed E-state index contributed by atoms with van der Waals surface area (Å²) in [5, 5.41) is 8.55. The molecule has 0 bridgehead atoms. The highest BCUT2D eigenvalue weighted by molar-refractivity contribution is 5.13. The fraction of sp³-hybridized carbons (Fsp3) is 0.556. The molecule has 5 nitrogen and oxygen atoms in total. The summed E-state index contributed by atoms with van der Waals surface area (Å²) in [6, 6.07) is 1.29. The predicted molar refractivity (Wildman–Crippen MR) is 49.4 cm³/mol. The maximum atomic E-state index is 11.2. The quantitative estimate of drug-likeness (QED) is 0.711. The molecule has 2 rings (SSSR count). The lowest BCUT2D eigenvalue weighted by molar-refractivity contribution is 0.196. The zero-order valence-corrected chi connectivity index (χ0v) is 7.69. The van der Waals surface area contributed by atoms with Crippen LogP contribution in [0, 0.1) is 0 Å². The van der Waals surface area contributed by atoms with Crippen LogP contribution in [0.3, 0.4) is 0 Å². The molecule has 0 aliphatic heterocycles. The Balaban J connectivity index is 2.18. The number of H-pyrrole nitrogens is 1. The Morgan fingerprint density at radius 2 is 2.43 bits per heavy atom. The Morgan fingerprint density at radius 1 is 1.64 bits per heavy atom. The molecule has 1 aromatic rings. The van der Waals surface area contributed by atoms with Crippen LogP contribution < -0.4 is 10.3 Å². The van der Waals surface area contributed by atoms with E-state index in [1.165, 1.54) is 6.07 Å². The van der Waals surface area contributed by atoms with Crippen molar-refractivity contribution in [3.05, 3.63) is 22.2 Å². The van der Waals surface area contributed by atoms with Crippen molar-refractivity contribution in [1.29, 1.82) is 0 Å². The van der Waals surface area contributed by atoms with Crippen molar-refractivity contribution in [1.82, 2.24) is 9.97 Å². The summed E-state index contributed by atoms with van der Waals surface area (Å²) < 4.78 is 5.07. The van der Waals surface area contributed by atoms with Crippen molar-refractivity contribution in [2.24, 2.45) is 0 Å². The lowest BCUT2D eigenvalue weighted by Crippen LogP contribution is -2.12. The third-order valence-electron chi connectivity index (χ3n) is 2.04. The zero-order chi connectivity index (χ0) is 9.97. The molecule has 1 heterocycles. The normalized spacial score (nSPS) is 15.5. The molecule has 1 aliphatic carbocycles. The van der Waals surface area contributed by atoms with E-state index in [4.69, 9.17) is 9.84 Å². The van der Waals surface area contributed by atoms with Gasteiger partial charge in [0.1, 0.15) is 12.4 Å². The van der Waals surface area contributed by atoms with E-state index in [0.717, 1.165) is 12.8 Å². The molecular formula is C9H12N2O3. The Morgan fingerprint density at radius 3 is 3.07 bits per heavy atom. The first-order valence-electron chi connectivity index (χ1n) is 4.64. The third kappa shape index (κ3) is 2.11. The van der Waals surface area contributed by atoms with Gasteiger partial charge in [0.15, 0.2) is 0 Å². The van der Waals surface area contributed by atoms with Gasteiger partial charge in [-0.25, -0.2) is 0 Å². The number of nitrogens with zero attached hydrogens (tertiary/aromatic N) is 1. The van der Waals surface area contributed by atoms with Crippen molar-refractivity contribution in [3.63, 3.8) is 0 Å². The topological polar surface area (TPSA) is 75.2 Å². The van der Waals surface area contributed by atoms with E-state index < -0.39 is 0 Å². The monoisotopic (exact) mass is 196 g/mol. The highest BCUT2D eigenvalue weighted by Gasteiger charge is 2.26. The zero-order valence-electron chi connectivity index (χ0n) is 7.69. The van der Waals surface area contributed by atoms with Crippen LogP contribution in [-0.4, -0.2) is 28.3 Å². The summed E-state index contributed by atoms with van der Waals surface area (Å²) in [6.45, 7) is 0.0911. The number of rotatable bonds is 4. The molecule has 0 amide bonds. The number of aromatic amines is 1. The molecule has 0 radical (unpaired) electrons. The van der Waals surface area contributed by atoms with Gasteiger partial charge in [0.2, 0.25) is 5.88 Å². The summed E-state index contributed by atoms with van der Waals surface area (Å²) in [4.78, 5) is 18.0. The van der Waals surface area contributed by atoms with Crippen LogP contribution in [0.1, 0.15) is 24.6 Å². The molecule has 0 aromatic carbocycles. The Bertz CT molecular complexity index is 371. The number of aromatic nitrogens is 2.